The second-order valence-electron chi connectivity index (χ2n) is 28.7. The summed E-state index contributed by atoms with van der Waals surface area (Å²) < 4.78 is 33.5. The molecule has 0 aromatic heterocycles. The van der Waals surface area contributed by atoms with E-state index < -0.39 is 17.1 Å². The molecule has 1 atom stereocenters. The van der Waals surface area contributed by atoms with Crippen LogP contribution in [0.2, 0.25) is 0 Å². The van der Waals surface area contributed by atoms with Crippen molar-refractivity contribution in [2.45, 2.75) is 200 Å². The number of hydrogen-bond donors (Lipinski definition) is 4. The number of aryl methyl sites for hydroxylation is 12. The van der Waals surface area contributed by atoms with Crippen LogP contribution in [0.3, 0.4) is 0 Å². The van der Waals surface area contributed by atoms with E-state index >= 15 is 0 Å². The van der Waals surface area contributed by atoms with Crippen LogP contribution in [-0.2, 0) is 51.3 Å². The van der Waals surface area contributed by atoms with E-state index in [2.05, 4.69) is 253 Å². The van der Waals surface area contributed by atoms with Gasteiger partial charge in [0.25, 0.3) is 17.8 Å². The number of carbonyl (C=O) groups excluding carboxylic acids is 1. The van der Waals surface area contributed by atoms with Crippen LogP contribution in [0.25, 0.3) is 6.08 Å². The fraction of sp³-hybridized carbons (Fsp3) is 0.406. The minimum Gasteiger partial charge on any atom is -1.00 e. The van der Waals surface area contributed by atoms with Crippen molar-refractivity contribution < 1.29 is 278 Å². The standard InChI is InChI=1S/C16H25N3S.C12H16OS2.C11H13NS.C9H22N2O.C9H9NO2.C9H13N.C9H12S.C7H6BrNO2.C6H7N.C2H3BF2.C2H2BrN.C2H6O.CH2O3.CH4.2ClH.2Cs.FH.K.Na.H2O.H/c1-7-13-10-12(2)8-9-14(13)20-15(11-17)16(18(3)4)19(5)6;1-4-10-8-9(3)6-7-11(10)15-12(14)13-5-2;1-3-10-8-9(2)4-5-11(10)13-7-6-12;1-9(2,3)12-8(10(4)5)11(6)7;1-3-8-6-7(2)4-5-9(8)10(11)12;2*1-3-8-6-7(2)4-5-9(8)10;1-5-2-3-7(9(10)11)6(8)4-5;7-6-4-2-1-3-5-6;1-2-3(4)5;3-1-2-4;1-2-3;2-1-4-3;;;;;;;;;;/h8-10,15-16H,7H2,1-6H3;6-8H,4-5H2,1-3H3;4-5,8H,3,7H2,1-2H3;8H,1-7H3;3-6H,1H2,2H3;4-6H,3,10H2,1-2H3;4-6,10H,3H2,1-2H3;2-4H,1H3;1-5H,7H2;2H,1H2;1H2;3H,2H2,1H3;1,3H;1H4;2*1H;;;1H;;;1H2;/q;;;;;;;;;;;;;;;;2*+1;;2*+1;;-1/p-3. The fourth-order valence-electron chi connectivity index (χ4n) is 10.2. The van der Waals surface area contributed by atoms with Gasteiger partial charge in [-0.25, -0.2) is 0 Å². The van der Waals surface area contributed by atoms with E-state index in [0.717, 1.165) is 59.5 Å². The number of rotatable bonds is 22. The average molecular weight is 2410 g/mol. The summed E-state index contributed by atoms with van der Waals surface area (Å²) in [6, 6.07) is 57.6. The van der Waals surface area contributed by atoms with Gasteiger partial charge < -0.3 is 47.8 Å². The van der Waals surface area contributed by atoms with Gasteiger partial charge in [0.2, 0.25) is 4.38 Å². The monoisotopic (exact) mass is 2410 g/mol. The first-order valence-corrected chi connectivity index (χ1v) is 45.6. The van der Waals surface area contributed by atoms with Crippen molar-refractivity contribution in [3.63, 3.8) is 0 Å². The Morgan fingerprint density at radius 3 is 1.28 bits per heavy atom. The molecule has 6 N–H and O–H groups in total. The summed E-state index contributed by atoms with van der Waals surface area (Å²) in [5.41, 5.74) is 28.5. The molecule has 8 rings (SSSR count). The van der Waals surface area contributed by atoms with E-state index in [4.69, 9.17) is 58.8 Å². The number of alkyl halides is 1. The number of nitro benzene ring substituents is 2. The molecule has 0 aliphatic carbocycles. The van der Waals surface area contributed by atoms with Crippen LogP contribution >= 0.6 is 117 Å². The topological polar surface area (TPSA) is 341 Å². The molecule has 0 fully saturated rings. The Labute approximate surface area is 1040 Å². The summed E-state index contributed by atoms with van der Waals surface area (Å²) >= 11 is 20.3. The smallest absolute Gasteiger partial charge is 1.00 e. The van der Waals surface area contributed by atoms with E-state index in [9.17, 15) is 34.1 Å². The van der Waals surface area contributed by atoms with Crippen molar-refractivity contribution in [2.24, 2.45) is 0 Å². The number of benzene rings is 8. The van der Waals surface area contributed by atoms with Crippen molar-refractivity contribution in [3.05, 3.63) is 274 Å². The quantitative estimate of drug-likeness (QED) is 0.00419. The molecule has 0 saturated heterocycles. The van der Waals surface area contributed by atoms with E-state index in [1.807, 2.05) is 135 Å². The molecule has 0 aliphatic heterocycles. The number of thioether (sulfide) groups is 3. The molecule has 8 aromatic carbocycles. The van der Waals surface area contributed by atoms with Gasteiger partial charge in [0, 0.05) is 49.7 Å². The molecule has 1 unspecified atom stereocenters. The van der Waals surface area contributed by atoms with Crippen LogP contribution in [0.15, 0.2) is 201 Å². The summed E-state index contributed by atoms with van der Waals surface area (Å²) in [5.74, 6) is 1.12. The number of para-hydroxylation sites is 1. The third-order valence-electron chi connectivity index (χ3n) is 15.9. The third kappa shape index (κ3) is 84.6. The first-order chi connectivity index (χ1) is 59.2. The number of nitrogens with zero attached hydrogens (tertiary/aromatic N) is 9. The Hall–Kier alpha value is -1.31. The van der Waals surface area contributed by atoms with E-state index in [1.165, 1.54) is 100 Å². The van der Waals surface area contributed by atoms with Crippen molar-refractivity contribution in [1.29, 1.82) is 15.8 Å². The van der Waals surface area contributed by atoms with E-state index in [0.29, 0.717) is 38.1 Å². The zero-order chi connectivity index (χ0) is 97.8. The molecular formula is C96H143BBr2Cl2Cs2F3KN11NaO11S5. The Morgan fingerprint density at radius 1 is 0.630 bits per heavy atom. The first kappa shape index (κ1) is 164. The SMILES string of the molecule is C.C=CB(F)F.C=Cc1cc(C)ccc1[N+](=O)[O-].CCO.CCOC(=S)Sc1ccc(C)cc1CC.CCc1cc(C)ccc1N.CCc1cc(C)ccc1S.CCc1cc(C)ccc1SC(C#N)C(N(C)C)N(C)C.CCc1cc(C)ccc1SCC#N.CN(C)C(OC(C)(C)C)N(C)C.Cc1ccc([N+](=O)[O-])c(Br)c1.Cl.Cl.N#CCBr.Nc1ccccc1.O=CO[O-].[Cs+].[Cs+].[F-].[H-].[K+].[Na+].[OH-]. The molecule has 39 heteroatoms. The number of hydrogen-bond acceptors (Lipinski definition) is 25. The molecule has 0 radical (unpaired) electrons. The Kier molecular flexibility index (Phi) is 123. The van der Waals surface area contributed by atoms with Crippen LogP contribution < -0.4 is 240 Å². The average Bonchev–Trinajstić information content (AvgIpc) is 0.832. The maximum Gasteiger partial charge on any atom is 1.00 e. The number of nitro groups is 2. The minimum atomic E-state index is -2.35. The number of ether oxygens (including phenoxy) is 2. The summed E-state index contributed by atoms with van der Waals surface area (Å²) in [5, 5.41) is 62.7. The molecule has 0 aliphatic rings. The largest absolute Gasteiger partial charge is 1.00 e. The third-order valence-corrected chi connectivity index (χ3v) is 20.7. The molecule has 734 valence electrons. The number of carbonyl (C=O) groups is 1. The van der Waals surface area contributed by atoms with Gasteiger partial charge in [-0.05, 0) is 299 Å². The summed E-state index contributed by atoms with van der Waals surface area (Å²) in [7, 11) is 13.8. The number of halogens is 7. The van der Waals surface area contributed by atoms with Crippen LogP contribution in [0.4, 0.5) is 31.4 Å². The maximum absolute atomic E-state index is 10.6. The van der Waals surface area contributed by atoms with Gasteiger partial charge in [-0.15, -0.1) is 67.5 Å². The molecule has 0 heterocycles. The second kappa shape index (κ2) is 101. The molecule has 135 heavy (non-hydrogen) atoms. The zero-order valence-corrected chi connectivity index (χ0v) is 111. The predicted octanol–water partition coefficient (Wildman–Crippen LogP) is 9.72. The number of thiocarbonyl (C=S) groups is 1. The van der Waals surface area contributed by atoms with E-state index in [-0.39, 0.29) is 310 Å². The molecule has 22 nitrogen and oxygen atoms in total. The van der Waals surface area contributed by atoms with Gasteiger partial charge in [-0.1, -0.05) is 201 Å². The number of nitrogen functional groups attached to an aromatic ring is 2. The molecule has 0 bridgehead atoms. The number of nitrogens with two attached hydrogens (primary N) is 2. The van der Waals surface area contributed by atoms with Gasteiger partial charge in [0.05, 0.1) is 67.5 Å². The van der Waals surface area contributed by atoms with E-state index in [1.54, 1.807) is 54.7 Å². The summed E-state index contributed by atoms with van der Waals surface area (Å²) in [6.45, 7) is 41.8. The van der Waals surface area contributed by atoms with Gasteiger partial charge in [-0.2, -0.15) is 15.8 Å². The van der Waals surface area contributed by atoms with Crippen LogP contribution in [0.1, 0.15) is 150 Å². The van der Waals surface area contributed by atoms with Crippen molar-refractivity contribution >= 4 is 164 Å². The van der Waals surface area contributed by atoms with Crippen LogP contribution in [0, 0.1) is 103 Å². The minimum absolute atomic E-state index is 0. The number of thiol groups is 1. The Bertz CT molecular complexity index is 4540. The van der Waals surface area contributed by atoms with Crippen molar-refractivity contribution in [3.8, 4) is 18.2 Å². The van der Waals surface area contributed by atoms with Crippen LogP contribution in [-0.4, -0.2) is 162 Å². The van der Waals surface area contributed by atoms with Crippen molar-refractivity contribution in [2.75, 3.05) is 92.1 Å². The Morgan fingerprint density at radius 2 is 0.978 bits per heavy atom. The molecular weight excluding hydrogens is 2270 g/mol. The maximum atomic E-state index is 10.6. The second-order valence-corrected chi connectivity index (χ2v) is 34.4. The summed E-state index contributed by atoms with van der Waals surface area (Å²) in [4.78, 5) is 44.3. The molecule has 0 amide bonds. The molecule has 0 spiro atoms. The molecule has 0 saturated carbocycles. The van der Waals surface area contributed by atoms with Crippen LogP contribution in [0.5, 0.6) is 0 Å². The van der Waals surface area contributed by atoms with Crippen molar-refractivity contribution in [1.82, 2.24) is 19.6 Å². The van der Waals surface area contributed by atoms with Gasteiger partial charge in [-0.3, -0.25) is 53.3 Å². The van der Waals surface area contributed by atoms with Gasteiger partial charge >= 0.3 is 226 Å². The Balaban J connectivity index is -0.0000000912. The number of nitriles is 3. The van der Waals surface area contributed by atoms with Gasteiger partial charge in [0.1, 0.15) is 5.25 Å². The number of anilines is 2. The molecule has 8 aromatic rings. The van der Waals surface area contributed by atoms with Gasteiger partial charge in [0.15, 0.2) is 6.35 Å². The number of aliphatic hydroxyl groups is 1. The zero-order valence-electron chi connectivity index (χ0n) is 84.9. The predicted molar refractivity (Wildman–Crippen MR) is 565 cm³/mol. The normalized spacial score (nSPS) is 9.39. The fourth-order valence-corrected chi connectivity index (χ4v) is 14.6. The number of aliphatic hydroxyl groups excluding tert-OH is 1. The first-order valence-electron chi connectivity index (χ1n) is 40.1. The summed E-state index contributed by atoms with van der Waals surface area (Å²) in [6.07, 6.45) is 6.78.